The van der Waals surface area contributed by atoms with Crippen molar-refractivity contribution in [1.29, 1.82) is 0 Å². The molecule has 2 aromatic rings. The highest BCUT2D eigenvalue weighted by molar-refractivity contribution is 5.94. The number of rotatable bonds is 4. The Morgan fingerprint density at radius 1 is 1.18 bits per heavy atom. The lowest BCUT2D eigenvalue weighted by atomic mass is 10.1. The van der Waals surface area contributed by atoms with E-state index in [1.54, 1.807) is 29.2 Å². The predicted molar refractivity (Wildman–Crippen MR) is 103 cm³/mol. The number of likely N-dealkylation sites (tertiary alicyclic amines) is 1. The summed E-state index contributed by atoms with van der Waals surface area (Å²) in [5.41, 5.74) is 5.37. The van der Waals surface area contributed by atoms with E-state index in [0.717, 1.165) is 25.0 Å². The molecule has 5 nitrogen and oxygen atoms in total. The topological polar surface area (TPSA) is 68.5 Å². The van der Waals surface area contributed by atoms with Gasteiger partial charge in [-0.05, 0) is 43.2 Å². The molecule has 1 aliphatic rings. The first-order chi connectivity index (χ1) is 12.4. The van der Waals surface area contributed by atoms with E-state index in [9.17, 15) is 18.0 Å². The average Bonchev–Trinajstić information content (AvgIpc) is 3.10. The number of aromatic nitrogens is 1. The molecular weight excluding hydrogens is 418 g/mol. The van der Waals surface area contributed by atoms with Crippen LogP contribution in [0.1, 0.15) is 28.8 Å². The number of benzene rings is 1. The molecule has 1 aromatic heterocycles. The third kappa shape index (κ3) is 5.50. The Morgan fingerprint density at radius 3 is 2.39 bits per heavy atom. The standard InChI is InChI=1S/C18H18F3N3O2.2ClH/c19-18(20,21)13-5-8-16(23-11-13)26-15-6-3-12(4-7-15)17(25)24-9-1-2-14(24)10-22;;/h3-8,11,14H,1-2,9-10,22H2;2*1H. The van der Waals surface area contributed by atoms with Crippen molar-refractivity contribution in [2.75, 3.05) is 13.1 Å². The van der Waals surface area contributed by atoms with Crippen molar-refractivity contribution in [3.8, 4) is 11.6 Å². The van der Waals surface area contributed by atoms with E-state index < -0.39 is 11.7 Å². The summed E-state index contributed by atoms with van der Waals surface area (Å²) in [4.78, 5) is 17.9. The maximum absolute atomic E-state index is 12.5. The number of nitrogens with two attached hydrogens (primary N) is 1. The Balaban J connectivity index is 0.00000196. The van der Waals surface area contributed by atoms with Crippen molar-refractivity contribution in [3.05, 3.63) is 53.7 Å². The summed E-state index contributed by atoms with van der Waals surface area (Å²) in [6.07, 6.45) is -1.88. The molecule has 1 amide bonds. The highest BCUT2D eigenvalue weighted by atomic mass is 35.5. The highest BCUT2D eigenvalue weighted by Gasteiger charge is 2.31. The minimum Gasteiger partial charge on any atom is -0.439 e. The quantitative estimate of drug-likeness (QED) is 0.773. The summed E-state index contributed by atoms with van der Waals surface area (Å²) in [5, 5.41) is 0. The number of hydrogen-bond acceptors (Lipinski definition) is 4. The van der Waals surface area contributed by atoms with Gasteiger partial charge in [-0.25, -0.2) is 4.98 Å². The molecule has 1 saturated heterocycles. The largest absolute Gasteiger partial charge is 0.439 e. The Morgan fingerprint density at radius 2 is 1.86 bits per heavy atom. The zero-order chi connectivity index (χ0) is 18.7. The fourth-order valence-corrected chi connectivity index (χ4v) is 2.91. The van der Waals surface area contributed by atoms with Crippen LogP contribution in [0.5, 0.6) is 11.6 Å². The Hall–Kier alpha value is -2.03. The van der Waals surface area contributed by atoms with Crippen LogP contribution in [-0.4, -0.2) is 34.9 Å². The van der Waals surface area contributed by atoms with Gasteiger partial charge in [0.25, 0.3) is 5.91 Å². The first kappa shape index (κ1) is 24.0. The molecule has 0 bridgehead atoms. The van der Waals surface area contributed by atoms with Crippen LogP contribution in [0, 0.1) is 0 Å². The van der Waals surface area contributed by atoms with Crippen molar-refractivity contribution < 1.29 is 22.7 Å². The monoisotopic (exact) mass is 437 g/mol. The van der Waals surface area contributed by atoms with Gasteiger partial charge in [0.1, 0.15) is 5.75 Å². The molecule has 1 aromatic carbocycles. The number of hydrogen-bond donors (Lipinski definition) is 1. The first-order valence-electron chi connectivity index (χ1n) is 8.20. The summed E-state index contributed by atoms with van der Waals surface area (Å²) in [5.74, 6) is 0.336. The van der Waals surface area contributed by atoms with Gasteiger partial charge in [-0.3, -0.25) is 4.79 Å². The highest BCUT2D eigenvalue weighted by Crippen LogP contribution is 2.30. The van der Waals surface area contributed by atoms with E-state index in [1.165, 1.54) is 0 Å². The third-order valence-corrected chi connectivity index (χ3v) is 4.30. The number of nitrogens with zero attached hydrogens (tertiary/aromatic N) is 2. The van der Waals surface area contributed by atoms with E-state index >= 15 is 0 Å². The minimum absolute atomic E-state index is 0. The molecule has 0 radical (unpaired) electrons. The predicted octanol–water partition coefficient (Wildman–Crippen LogP) is 4.30. The third-order valence-electron chi connectivity index (χ3n) is 4.30. The number of amides is 1. The molecule has 2 heterocycles. The van der Waals surface area contributed by atoms with E-state index in [0.29, 0.717) is 30.6 Å². The van der Waals surface area contributed by atoms with Gasteiger partial charge in [0.2, 0.25) is 5.88 Å². The van der Waals surface area contributed by atoms with Crippen molar-refractivity contribution in [2.24, 2.45) is 5.73 Å². The van der Waals surface area contributed by atoms with Crippen LogP contribution in [0.2, 0.25) is 0 Å². The van der Waals surface area contributed by atoms with Gasteiger partial charge >= 0.3 is 6.18 Å². The lowest BCUT2D eigenvalue weighted by Gasteiger charge is -2.23. The summed E-state index contributed by atoms with van der Waals surface area (Å²) in [6.45, 7) is 1.13. The number of halogens is 5. The van der Waals surface area contributed by atoms with E-state index in [4.69, 9.17) is 10.5 Å². The molecule has 28 heavy (non-hydrogen) atoms. The van der Waals surface area contributed by atoms with Gasteiger partial charge in [-0.15, -0.1) is 24.8 Å². The fourth-order valence-electron chi connectivity index (χ4n) is 2.91. The molecule has 2 N–H and O–H groups in total. The van der Waals surface area contributed by atoms with Crippen LogP contribution in [0.3, 0.4) is 0 Å². The fraction of sp³-hybridized carbons (Fsp3) is 0.333. The molecule has 1 fully saturated rings. The summed E-state index contributed by atoms with van der Waals surface area (Å²) in [7, 11) is 0. The van der Waals surface area contributed by atoms with Crippen LogP contribution in [0.4, 0.5) is 13.2 Å². The van der Waals surface area contributed by atoms with Crippen molar-refractivity contribution in [2.45, 2.75) is 25.1 Å². The second-order valence-electron chi connectivity index (χ2n) is 6.04. The molecule has 3 rings (SSSR count). The summed E-state index contributed by atoms with van der Waals surface area (Å²) < 4.78 is 43.0. The molecule has 0 spiro atoms. The zero-order valence-electron chi connectivity index (χ0n) is 14.7. The summed E-state index contributed by atoms with van der Waals surface area (Å²) >= 11 is 0. The first-order valence-corrected chi connectivity index (χ1v) is 8.20. The number of ether oxygens (including phenoxy) is 1. The molecule has 1 aliphatic heterocycles. The number of carbonyl (C=O) groups is 1. The maximum atomic E-state index is 12.5. The van der Waals surface area contributed by atoms with Crippen LogP contribution >= 0.6 is 24.8 Å². The lowest BCUT2D eigenvalue weighted by Crippen LogP contribution is -2.39. The number of alkyl halides is 3. The summed E-state index contributed by atoms with van der Waals surface area (Å²) in [6, 6.07) is 8.52. The van der Waals surface area contributed by atoms with E-state index in [1.807, 2.05) is 0 Å². The molecule has 1 unspecified atom stereocenters. The molecule has 0 saturated carbocycles. The molecular formula is C18H20Cl2F3N3O2. The van der Waals surface area contributed by atoms with Crippen LogP contribution < -0.4 is 10.5 Å². The second kappa shape index (κ2) is 9.95. The normalized spacial score (nSPS) is 16.1. The number of carbonyl (C=O) groups excluding carboxylic acids is 1. The van der Waals surface area contributed by atoms with E-state index in [-0.39, 0.29) is 42.6 Å². The van der Waals surface area contributed by atoms with Crippen molar-refractivity contribution >= 4 is 30.7 Å². The van der Waals surface area contributed by atoms with Gasteiger partial charge in [0.05, 0.1) is 5.56 Å². The van der Waals surface area contributed by atoms with Gasteiger partial charge in [-0.1, -0.05) is 0 Å². The number of pyridine rings is 1. The Labute approximate surface area is 172 Å². The minimum atomic E-state index is -4.44. The van der Waals surface area contributed by atoms with Crippen molar-refractivity contribution in [1.82, 2.24) is 9.88 Å². The molecule has 154 valence electrons. The van der Waals surface area contributed by atoms with Gasteiger partial charge in [-0.2, -0.15) is 13.2 Å². The smallest absolute Gasteiger partial charge is 0.417 e. The lowest BCUT2D eigenvalue weighted by molar-refractivity contribution is -0.137. The average molecular weight is 438 g/mol. The van der Waals surface area contributed by atoms with Gasteiger partial charge in [0, 0.05) is 37.0 Å². The second-order valence-corrected chi connectivity index (χ2v) is 6.04. The van der Waals surface area contributed by atoms with Crippen LogP contribution in [0.15, 0.2) is 42.6 Å². The molecule has 0 aliphatic carbocycles. The van der Waals surface area contributed by atoms with Gasteiger partial charge < -0.3 is 15.4 Å². The molecule has 10 heteroatoms. The maximum Gasteiger partial charge on any atom is 0.417 e. The van der Waals surface area contributed by atoms with Crippen molar-refractivity contribution in [3.63, 3.8) is 0 Å². The Bertz CT molecular complexity index is 771. The zero-order valence-corrected chi connectivity index (χ0v) is 16.3. The van der Waals surface area contributed by atoms with Gasteiger partial charge in [0.15, 0.2) is 0 Å². The van der Waals surface area contributed by atoms with E-state index in [2.05, 4.69) is 4.98 Å². The van der Waals surface area contributed by atoms with Crippen LogP contribution in [-0.2, 0) is 6.18 Å². The SMILES string of the molecule is Cl.Cl.NCC1CCCN1C(=O)c1ccc(Oc2ccc(C(F)(F)F)cn2)cc1. The van der Waals surface area contributed by atoms with Crippen LogP contribution in [0.25, 0.3) is 0 Å². The molecule has 1 atom stereocenters. The Kier molecular flexibility index (Phi) is 8.53.